The van der Waals surface area contributed by atoms with E-state index in [0.29, 0.717) is 18.5 Å². The molecule has 0 N–H and O–H groups in total. The van der Waals surface area contributed by atoms with Gasteiger partial charge in [0.1, 0.15) is 0 Å². The Morgan fingerprint density at radius 1 is 1.42 bits per heavy atom. The number of aromatic nitrogens is 1. The molecule has 0 saturated heterocycles. The molecule has 3 nitrogen and oxygen atoms in total. The van der Waals surface area contributed by atoms with Crippen molar-refractivity contribution >= 4 is 5.78 Å². The molecule has 0 aromatic carbocycles. The van der Waals surface area contributed by atoms with Crippen molar-refractivity contribution in [3.8, 4) is 0 Å². The third-order valence-electron chi connectivity index (χ3n) is 4.09. The van der Waals surface area contributed by atoms with E-state index in [2.05, 4.69) is 30.2 Å². The normalized spacial score (nSPS) is 15.5. The van der Waals surface area contributed by atoms with Crippen LogP contribution < -0.4 is 0 Å². The Balaban J connectivity index is 2.08. The third kappa shape index (κ3) is 3.27. The summed E-state index contributed by atoms with van der Waals surface area (Å²) in [7, 11) is 2.02. The van der Waals surface area contributed by atoms with Gasteiger partial charge in [-0.05, 0) is 38.7 Å². The maximum Gasteiger partial charge on any atom is 0.178 e. The van der Waals surface area contributed by atoms with E-state index in [1.807, 2.05) is 20.0 Å². The predicted octanol–water partition coefficient (Wildman–Crippen LogP) is 2.95. The molecule has 1 aromatic rings. The largest absolute Gasteiger partial charge is 0.351 e. The van der Waals surface area contributed by atoms with Gasteiger partial charge in [-0.25, -0.2) is 0 Å². The molecule has 0 radical (unpaired) electrons. The van der Waals surface area contributed by atoms with Crippen LogP contribution in [0.4, 0.5) is 0 Å². The molecule has 0 amide bonds. The maximum atomic E-state index is 12.5. The highest BCUT2D eigenvalue weighted by Gasteiger charge is 2.31. The summed E-state index contributed by atoms with van der Waals surface area (Å²) >= 11 is 0. The van der Waals surface area contributed by atoms with Gasteiger partial charge < -0.3 is 4.57 Å². The Morgan fingerprint density at radius 3 is 2.47 bits per heavy atom. The van der Waals surface area contributed by atoms with Gasteiger partial charge in [0.25, 0.3) is 0 Å². The van der Waals surface area contributed by atoms with Crippen molar-refractivity contribution in [1.82, 2.24) is 9.47 Å². The molecule has 0 bridgehead atoms. The fourth-order valence-corrected chi connectivity index (χ4v) is 2.66. The van der Waals surface area contributed by atoms with E-state index in [-0.39, 0.29) is 5.78 Å². The van der Waals surface area contributed by atoms with Crippen LogP contribution in [0.3, 0.4) is 0 Å². The molecule has 0 spiro atoms. The quantitative estimate of drug-likeness (QED) is 0.736. The van der Waals surface area contributed by atoms with Crippen LogP contribution in [0.2, 0.25) is 0 Å². The number of Topliss-reactive ketones (excluding diaryl/α,β-unsaturated/α-hetero) is 1. The van der Waals surface area contributed by atoms with Gasteiger partial charge in [0.15, 0.2) is 5.78 Å². The van der Waals surface area contributed by atoms with E-state index in [9.17, 15) is 4.79 Å². The molecule has 1 aromatic heterocycles. The zero-order valence-corrected chi connectivity index (χ0v) is 12.9. The van der Waals surface area contributed by atoms with Crippen LogP contribution in [0.1, 0.15) is 48.4 Å². The zero-order chi connectivity index (χ0) is 14.2. The average Bonchev–Trinajstić information content (AvgIpc) is 3.12. The second kappa shape index (κ2) is 5.49. The summed E-state index contributed by atoms with van der Waals surface area (Å²) in [5.74, 6) is 0.890. The van der Waals surface area contributed by atoms with Gasteiger partial charge in [-0.1, -0.05) is 13.8 Å². The van der Waals surface area contributed by atoms with E-state index in [4.69, 9.17) is 0 Å². The minimum Gasteiger partial charge on any atom is -0.351 e. The van der Waals surface area contributed by atoms with Crippen LogP contribution in [0.25, 0.3) is 0 Å². The zero-order valence-electron chi connectivity index (χ0n) is 12.9. The van der Waals surface area contributed by atoms with E-state index >= 15 is 0 Å². The summed E-state index contributed by atoms with van der Waals surface area (Å²) in [4.78, 5) is 14.9. The monoisotopic (exact) mass is 262 g/mol. The lowest BCUT2D eigenvalue weighted by molar-refractivity contribution is 0.0914. The van der Waals surface area contributed by atoms with Gasteiger partial charge in [-0.3, -0.25) is 9.69 Å². The van der Waals surface area contributed by atoms with Crippen LogP contribution in [0.15, 0.2) is 6.07 Å². The first-order valence-electron chi connectivity index (χ1n) is 7.30. The summed E-state index contributed by atoms with van der Waals surface area (Å²) in [5, 5.41) is 0. The number of ketones is 1. The summed E-state index contributed by atoms with van der Waals surface area (Å²) in [6, 6.07) is 2.68. The van der Waals surface area contributed by atoms with Crippen molar-refractivity contribution in [3.05, 3.63) is 23.0 Å². The van der Waals surface area contributed by atoms with E-state index < -0.39 is 0 Å². The van der Waals surface area contributed by atoms with Crippen molar-refractivity contribution in [1.29, 1.82) is 0 Å². The summed E-state index contributed by atoms with van der Waals surface area (Å²) in [6.45, 7) is 10.1. The van der Waals surface area contributed by atoms with Gasteiger partial charge >= 0.3 is 0 Å². The van der Waals surface area contributed by atoms with Crippen molar-refractivity contribution < 1.29 is 4.79 Å². The Labute approximate surface area is 116 Å². The van der Waals surface area contributed by atoms with Gasteiger partial charge in [0, 0.05) is 36.6 Å². The Kier molecular flexibility index (Phi) is 4.14. The van der Waals surface area contributed by atoms with Crippen molar-refractivity contribution in [2.45, 2.75) is 46.6 Å². The molecule has 1 heterocycles. The SMILES string of the molecule is Cc1cc(C(=O)CN(CC(C)C)C2CC2)c(C)n1C. The lowest BCUT2D eigenvalue weighted by atomic mass is 10.1. The molecule has 2 rings (SSSR count). The second-order valence-corrected chi connectivity index (χ2v) is 6.32. The molecule has 0 aliphatic heterocycles. The van der Waals surface area contributed by atoms with E-state index in [0.717, 1.165) is 23.5 Å². The predicted molar refractivity (Wildman–Crippen MR) is 78.7 cm³/mol. The average molecular weight is 262 g/mol. The molecule has 1 saturated carbocycles. The number of carbonyl (C=O) groups excluding carboxylic acids is 1. The Morgan fingerprint density at radius 2 is 2.05 bits per heavy atom. The van der Waals surface area contributed by atoms with Gasteiger partial charge in [0.05, 0.1) is 6.54 Å². The minimum absolute atomic E-state index is 0.272. The van der Waals surface area contributed by atoms with Crippen LogP contribution in [0, 0.1) is 19.8 Å². The number of hydrogen-bond donors (Lipinski definition) is 0. The lowest BCUT2D eigenvalue weighted by Crippen LogP contribution is -2.35. The molecular weight excluding hydrogens is 236 g/mol. The topological polar surface area (TPSA) is 25.2 Å². The smallest absolute Gasteiger partial charge is 0.178 e. The van der Waals surface area contributed by atoms with Gasteiger partial charge in [-0.15, -0.1) is 0 Å². The summed E-state index contributed by atoms with van der Waals surface area (Å²) < 4.78 is 2.09. The maximum absolute atomic E-state index is 12.5. The summed E-state index contributed by atoms with van der Waals surface area (Å²) in [6.07, 6.45) is 2.51. The number of aryl methyl sites for hydroxylation is 1. The highest BCUT2D eigenvalue weighted by Crippen LogP contribution is 2.28. The molecule has 0 atom stereocenters. The number of hydrogen-bond acceptors (Lipinski definition) is 2. The summed E-state index contributed by atoms with van der Waals surface area (Å²) in [5.41, 5.74) is 3.14. The first-order valence-corrected chi connectivity index (χ1v) is 7.30. The Hall–Kier alpha value is -1.09. The standard InChI is InChI=1S/C16H26N2O/c1-11(2)9-18(14-6-7-14)10-16(19)15-8-12(3)17(5)13(15)4/h8,11,14H,6-7,9-10H2,1-5H3. The highest BCUT2D eigenvalue weighted by atomic mass is 16.1. The highest BCUT2D eigenvalue weighted by molar-refractivity contribution is 5.99. The molecule has 1 fully saturated rings. The fraction of sp³-hybridized carbons (Fsp3) is 0.688. The fourth-order valence-electron chi connectivity index (χ4n) is 2.66. The molecule has 19 heavy (non-hydrogen) atoms. The van der Waals surface area contributed by atoms with Crippen LogP contribution in [-0.2, 0) is 7.05 Å². The van der Waals surface area contributed by atoms with Crippen molar-refractivity contribution in [3.63, 3.8) is 0 Å². The van der Waals surface area contributed by atoms with Crippen LogP contribution >= 0.6 is 0 Å². The van der Waals surface area contributed by atoms with Gasteiger partial charge in [0.2, 0.25) is 0 Å². The van der Waals surface area contributed by atoms with Gasteiger partial charge in [-0.2, -0.15) is 0 Å². The van der Waals surface area contributed by atoms with Crippen LogP contribution in [0.5, 0.6) is 0 Å². The number of nitrogens with zero attached hydrogens (tertiary/aromatic N) is 2. The minimum atomic E-state index is 0.272. The number of carbonyl (C=O) groups is 1. The molecule has 0 unspecified atom stereocenters. The third-order valence-corrected chi connectivity index (χ3v) is 4.09. The second-order valence-electron chi connectivity index (χ2n) is 6.32. The van der Waals surface area contributed by atoms with E-state index in [1.54, 1.807) is 0 Å². The first-order chi connectivity index (χ1) is 8.90. The molecule has 1 aliphatic rings. The Bertz CT molecular complexity index is 469. The lowest BCUT2D eigenvalue weighted by Gasteiger charge is -2.23. The molecule has 3 heteroatoms. The van der Waals surface area contributed by atoms with E-state index in [1.165, 1.54) is 12.8 Å². The molecule has 1 aliphatic carbocycles. The first kappa shape index (κ1) is 14.3. The molecule has 106 valence electrons. The van der Waals surface area contributed by atoms with Crippen molar-refractivity contribution in [2.75, 3.05) is 13.1 Å². The molecular formula is C16H26N2O. The van der Waals surface area contributed by atoms with Crippen molar-refractivity contribution in [2.24, 2.45) is 13.0 Å². The number of rotatable bonds is 6. The van der Waals surface area contributed by atoms with Crippen LogP contribution in [-0.4, -0.2) is 34.4 Å².